The standard InChI is InChI=1S/C11H23NO2/c1-4-5-9(2)10(12-3)8-11-13-6-7-14-11/h9-12H,4-8H2,1-3H3. The summed E-state index contributed by atoms with van der Waals surface area (Å²) in [5.41, 5.74) is 0. The molecule has 0 radical (unpaired) electrons. The van der Waals surface area contributed by atoms with Crippen LogP contribution in [-0.4, -0.2) is 32.6 Å². The fourth-order valence-corrected chi connectivity index (χ4v) is 2.04. The monoisotopic (exact) mass is 201 g/mol. The highest BCUT2D eigenvalue weighted by molar-refractivity contribution is 4.74. The van der Waals surface area contributed by atoms with Crippen molar-refractivity contribution in [1.82, 2.24) is 5.32 Å². The van der Waals surface area contributed by atoms with E-state index in [-0.39, 0.29) is 6.29 Å². The molecule has 3 heteroatoms. The van der Waals surface area contributed by atoms with E-state index in [1.54, 1.807) is 0 Å². The average Bonchev–Trinajstić information content (AvgIpc) is 2.66. The molecular weight excluding hydrogens is 178 g/mol. The Bertz CT molecular complexity index is 146. The lowest BCUT2D eigenvalue weighted by Gasteiger charge is -2.25. The molecule has 0 amide bonds. The van der Waals surface area contributed by atoms with Crippen molar-refractivity contribution in [2.75, 3.05) is 20.3 Å². The Morgan fingerprint density at radius 1 is 1.36 bits per heavy atom. The molecule has 1 rings (SSSR count). The quantitative estimate of drug-likeness (QED) is 0.710. The Kier molecular flexibility index (Phi) is 5.45. The Balaban J connectivity index is 2.29. The maximum atomic E-state index is 5.45. The SMILES string of the molecule is CCCC(C)C(CC1OCCO1)NC. The van der Waals surface area contributed by atoms with Crippen LogP contribution < -0.4 is 5.32 Å². The summed E-state index contributed by atoms with van der Waals surface area (Å²) in [4.78, 5) is 0. The van der Waals surface area contributed by atoms with Crippen LogP contribution in [0.3, 0.4) is 0 Å². The zero-order valence-corrected chi connectivity index (χ0v) is 9.58. The van der Waals surface area contributed by atoms with Gasteiger partial charge in [-0.1, -0.05) is 20.3 Å². The van der Waals surface area contributed by atoms with E-state index in [4.69, 9.17) is 9.47 Å². The minimum absolute atomic E-state index is 0.0201. The van der Waals surface area contributed by atoms with Crippen molar-refractivity contribution in [3.8, 4) is 0 Å². The molecule has 1 aliphatic heterocycles. The second-order valence-electron chi connectivity index (χ2n) is 4.07. The van der Waals surface area contributed by atoms with Crippen LogP contribution in [0.15, 0.2) is 0 Å². The minimum atomic E-state index is 0.0201. The predicted octanol–water partition coefficient (Wildman–Crippen LogP) is 1.77. The molecule has 2 unspecified atom stereocenters. The van der Waals surface area contributed by atoms with Gasteiger partial charge in [-0.25, -0.2) is 0 Å². The first-order chi connectivity index (χ1) is 6.77. The molecule has 0 aromatic carbocycles. The van der Waals surface area contributed by atoms with Crippen LogP contribution in [-0.2, 0) is 9.47 Å². The zero-order chi connectivity index (χ0) is 10.4. The number of ether oxygens (including phenoxy) is 2. The first-order valence-electron chi connectivity index (χ1n) is 5.68. The van der Waals surface area contributed by atoms with Crippen molar-refractivity contribution >= 4 is 0 Å². The van der Waals surface area contributed by atoms with Crippen LogP contribution in [0.2, 0.25) is 0 Å². The highest BCUT2D eigenvalue weighted by Crippen LogP contribution is 2.18. The molecule has 1 N–H and O–H groups in total. The smallest absolute Gasteiger partial charge is 0.159 e. The van der Waals surface area contributed by atoms with Gasteiger partial charge in [0, 0.05) is 12.5 Å². The van der Waals surface area contributed by atoms with Crippen molar-refractivity contribution < 1.29 is 9.47 Å². The average molecular weight is 201 g/mol. The Morgan fingerprint density at radius 3 is 2.50 bits per heavy atom. The van der Waals surface area contributed by atoms with Gasteiger partial charge in [-0.3, -0.25) is 0 Å². The minimum Gasteiger partial charge on any atom is -0.350 e. The first-order valence-corrected chi connectivity index (χ1v) is 5.68. The summed E-state index contributed by atoms with van der Waals surface area (Å²) in [5, 5.41) is 3.35. The summed E-state index contributed by atoms with van der Waals surface area (Å²) in [7, 11) is 2.02. The van der Waals surface area contributed by atoms with Crippen molar-refractivity contribution in [2.24, 2.45) is 5.92 Å². The molecule has 0 bridgehead atoms. The highest BCUT2D eigenvalue weighted by atomic mass is 16.7. The second-order valence-corrected chi connectivity index (χ2v) is 4.07. The predicted molar refractivity (Wildman–Crippen MR) is 57.2 cm³/mol. The van der Waals surface area contributed by atoms with Gasteiger partial charge >= 0.3 is 0 Å². The lowest BCUT2D eigenvalue weighted by atomic mass is 9.94. The number of hydrogen-bond donors (Lipinski definition) is 1. The maximum Gasteiger partial charge on any atom is 0.159 e. The third-order valence-corrected chi connectivity index (χ3v) is 2.94. The normalized spacial score (nSPS) is 22.5. The van der Waals surface area contributed by atoms with Crippen molar-refractivity contribution in [3.05, 3.63) is 0 Å². The fraction of sp³-hybridized carbons (Fsp3) is 1.00. The van der Waals surface area contributed by atoms with Crippen LogP contribution >= 0.6 is 0 Å². The molecule has 1 aliphatic rings. The Hall–Kier alpha value is -0.120. The highest BCUT2D eigenvalue weighted by Gasteiger charge is 2.23. The first kappa shape index (κ1) is 12.0. The zero-order valence-electron chi connectivity index (χ0n) is 9.58. The van der Waals surface area contributed by atoms with Gasteiger partial charge in [0.05, 0.1) is 13.2 Å². The maximum absolute atomic E-state index is 5.45. The Labute approximate surface area is 87.2 Å². The van der Waals surface area contributed by atoms with Gasteiger partial charge in [0.1, 0.15) is 0 Å². The summed E-state index contributed by atoms with van der Waals surface area (Å²) in [5.74, 6) is 0.692. The van der Waals surface area contributed by atoms with Gasteiger partial charge < -0.3 is 14.8 Å². The molecule has 2 atom stereocenters. The van der Waals surface area contributed by atoms with Crippen LogP contribution in [0, 0.1) is 5.92 Å². The van der Waals surface area contributed by atoms with Gasteiger partial charge in [-0.2, -0.15) is 0 Å². The van der Waals surface area contributed by atoms with Gasteiger partial charge in [0.2, 0.25) is 0 Å². The number of hydrogen-bond acceptors (Lipinski definition) is 3. The molecule has 1 heterocycles. The van der Waals surface area contributed by atoms with E-state index in [2.05, 4.69) is 19.2 Å². The molecule has 0 spiro atoms. The molecular formula is C11H23NO2. The summed E-state index contributed by atoms with van der Waals surface area (Å²) in [6.45, 7) is 6.03. The van der Waals surface area contributed by atoms with Gasteiger partial charge in [0.15, 0.2) is 6.29 Å². The van der Waals surface area contributed by atoms with Gasteiger partial charge in [-0.15, -0.1) is 0 Å². The largest absolute Gasteiger partial charge is 0.350 e. The van der Waals surface area contributed by atoms with E-state index < -0.39 is 0 Å². The molecule has 0 aliphatic carbocycles. The van der Waals surface area contributed by atoms with E-state index in [1.165, 1.54) is 12.8 Å². The lowest BCUT2D eigenvalue weighted by molar-refractivity contribution is -0.0557. The van der Waals surface area contributed by atoms with Crippen molar-refractivity contribution in [2.45, 2.75) is 45.4 Å². The molecule has 84 valence electrons. The lowest BCUT2D eigenvalue weighted by Crippen LogP contribution is -2.35. The Morgan fingerprint density at radius 2 is 2.00 bits per heavy atom. The molecule has 14 heavy (non-hydrogen) atoms. The number of nitrogens with one attached hydrogen (secondary N) is 1. The topological polar surface area (TPSA) is 30.5 Å². The van der Waals surface area contributed by atoms with Crippen molar-refractivity contribution in [3.63, 3.8) is 0 Å². The second kappa shape index (κ2) is 6.38. The third-order valence-electron chi connectivity index (χ3n) is 2.94. The van der Waals surface area contributed by atoms with Gasteiger partial charge in [-0.05, 0) is 19.4 Å². The molecule has 0 aromatic heterocycles. The fourth-order valence-electron chi connectivity index (χ4n) is 2.04. The summed E-state index contributed by atoms with van der Waals surface area (Å²) < 4.78 is 10.9. The summed E-state index contributed by atoms with van der Waals surface area (Å²) in [6.07, 6.45) is 3.49. The van der Waals surface area contributed by atoms with E-state index >= 15 is 0 Å². The van der Waals surface area contributed by atoms with E-state index in [0.717, 1.165) is 19.6 Å². The van der Waals surface area contributed by atoms with Crippen LogP contribution in [0.5, 0.6) is 0 Å². The van der Waals surface area contributed by atoms with Crippen LogP contribution in [0.25, 0.3) is 0 Å². The number of rotatable bonds is 6. The van der Waals surface area contributed by atoms with Gasteiger partial charge in [0.25, 0.3) is 0 Å². The molecule has 1 saturated heterocycles. The molecule has 0 aromatic rings. The van der Waals surface area contributed by atoms with Crippen LogP contribution in [0.4, 0.5) is 0 Å². The molecule has 0 saturated carbocycles. The van der Waals surface area contributed by atoms with E-state index in [1.807, 2.05) is 7.05 Å². The molecule has 3 nitrogen and oxygen atoms in total. The van der Waals surface area contributed by atoms with Crippen LogP contribution in [0.1, 0.15) is 33.1 Å². The third kappa shape index (κ3) is 3.56. The van der Waals surface area contributed by atoms with Crippen molar-refractivity contribution in [1.29, 1.82) is 0 Å². The summed E-state index contributed by atoms with van der Waals surface area (Å²) >= 11 is 0. The summed E-state index contributed by atoms with van der Waals surface area (Å²) in [6, 6.07) is 0.512. The van der Waals surface area contributed by atoms with E-state index in [0.29, 0.717) is 12.0 Å². The van der Waals surface area contributed by atoms with E-state index in [9.17, 15) is 0 Å². The molecule has 1 fully saturated rings.